The van der Waals surface area contributed by atoms with E-state index in [1.807, 2.05) is 12.1 Å². The summed E-state index contributed by atoms with van der Waals surface area (Å²) in [6.45, 7) is 5.35. The van der Waals surface area contributed by atoms with Gasteiger partial charge in [-0.05, 0) is 52.3 Å². The molecule has 6 N–H and O–H groups in total. The highest BCUT2D eigenvalue weighted by Crippen LogP contribution is 2.27. The zero-order valence-corrected chi connectivity index (χ0v) is 19.7. The molecule has 0 radical (unpaired) electrons. The molecule has 6 heteroatoms. The second kappa shape index (κ2) is 11.6. The first kappa shape index (κ1) is 25.1. The van der Waals surface area contributed by atoms with Gasteiger partial charge in [-0.3, -0.25) is 9.59 Å². The summed E-state index contributed by atoms with van der Waals surface area (Å²) in [5.41, 5.74) is 17.2. The number of nitrogens with one attached hydrogen (secondary N) is 1. The van der Waals surface area contributed by atoms with Crippen molar-refractivity contribution < 1.29 is 14.7 Å². The molecule has 34 heavy (non-hydrogen) atoms. The number of hydrogen-bond acceptors (Lipinski definition) is 4. The van der Waals surface area contributed by atoms with Crippen molar-refractivity contribution >= 4 is 11.9 Å². The summed E-state index contributed by atoms with van der Waals surface area (Å²) in [5.74, 6) is -0.684. The molecule has 178 valence electrons. The molecular formula is C28H33N3O3. The van der Waals surface area contributed by atoms with E-state index in [4.69, 9.17) is 16.6 Å². The Bertz CT molecular complexity index is 1090. The number of aliphatic carboxylic acids is 1. The van der Waals surface area contributed by atoms with Gasteiger partial charge in [-0.25, -0.2) is 0 Å². The SMILES string of the molecule is CC(C)[C@@H](CNC(=O)c1ccc(C[C@H](N)C(=O)O)cc1)c1ccc(-c2ccc(CN)cc2)cc1. The Hall–Kier alpha value is -3.48. The van der Waals surface area contributed by atoms with Crippen molar-refractivity contribution in [1.29, 1.82) is 0 Å². The Labute approximate surface area is 201 Å². The zero-order valence-electron chi connectivity index (χ0n) is 19.7. The lowest BCUT2D eigenvalue weighted by atomic mass is 9.87. The van der Waals surface area contributed by atoms with Gasteiger partial charge in [-0.15, -0.1) is 0 Å². The number of rotatable bonds is 10. The molecule has 3 aromatic rings. The Kier molecular flexibility index (Phi) is 8.57. The van der Waals surface area contributed by atoms with Gasteiger partial charge in [-0.2, -0.15) is 0 Å². The Morgan fingerprint density at radius 3 is 1.88 bits per heavy atom. The predicted octanol–water partition coefficient (Wildman–Crippen LogP) is 3.94. The normalized spacial score (nSPS) is 12.9. The van der Waals surface area contributed by atoms with Gasteiger partial charge in [0.1, 0.15) is 6.04 Å². The van der Waals surface area contributed by atoms with E-state index < -0.39 is 12.0 Å². The minimum absolute atomic E-state index is 0.156. The van der Waals surface area contributed by atoms with Gasteiger partial charge in [-0.1, -0.05) is 74.5 Å². The summed E-state index contributed by atoms with van der Waals surface area (Å²) in [6.07, 6.45) is 0.222. The number of carboxylic acid groups (broad SMARTS) is 1. The van der Waals surface area contributed by atoms with E-state index in [0.717, 1.165) is 22.3 Å². The summed E-state index contributed by atoms with van der Waals surface area (Å²) < 4.78 is 0. The van der Waals surface area contributed by atoms with E-state index in [1.54, 1.807) is 24.3 Å². The van der Waals surface area contributed by atoms with Crippen LogP contribution in [-0.4, -0.2) is 29.6 Å². The zero-order chi connectivity index (χ0) is 24.7. The second-order valence-corrected chi connectivity index (χ2v) is 8.93. The monoisotopic (exact) mass is 459 g/mol. The van der Waals surface area contributed by atoms with E-state index >= 15 is 0 Å². The lowest BCUT2D eigenvalue weighted by Gasteiger charge is -2.22. The maximum Gasteiger partial charge on any atom is 0.320 e. The summed E-state index contributed by atoms with van der Waals surface area (Å²) in [7, 11) is 0. The number of benzene rings is 3. The Morgan fingerprint density at radius 1 is 0.853 bits per heavy atom. The first-order valence-electron chi connectivity index (χ1n) is 11.5. The lowest BCUT2D eigenvalue weighted by Crippen LogP contribution is -2.32. The molecule has 3 rings (SSSR count). The summed E-state index contributed by atoms with van der Waals surface area (Å²) in [5, 5.41) is 12.0. The maximum atomic E-state index is 12.7. The summed E-state index contributed by atoms with van der Waals surface area (Å²) >= 11 is 0. The van der Waals surface area contributed by atoms with Crippen molar-refractivity contribution in [2.24, 2.45) is 17.4 Å². The topological polar surface area (TPSA) is 118 Å². The average Bonchev–Trinajstić information content (AvgIpc) is 2.84. The summed E-state index contributed by atoms with van der Waals surface area (Å²) in [4.78, 5) is 23.6. The molecule has 0 saturated heterocycles. The number of hydrogen-bond donors (Lipinski definition) is 4. The van der Waals surface area contributed by atoms with Crippen LogP contribution in [0.5, 0.6) is 0 Å². The van der Waals surface area contributed by atoms with E-state index in [2.05, 4.69) is 55.6 Å². The number of carbonyl (C=O) groups is 2. The molecule has 3 aromatic carbocycles. The van der Waals surface area contributed by atoms with Gasteiger partial charge in [0.2, 0.25) is 0 Å². The van der Waals surface area contributed by atoms with Gasteiger partial charge in [0.05, 0.1) is 0 Å². The summed E-state index contributed by atoms with van der Waals surface area (Å²) in [6, 6.07) is 22.7. The third kappa shape index (κ3) is 6.53. The van der Waals surface area contributed by atoms with Crippen molar-refractivity contribution in [2.45, 2.75) is 38.8 Å². The quantitative estimate of drug-likeness (QED) is 0.366. The van der Waals surface area contributed by atoms with Crippen LogP contribution < -0.4 is 16.8 Å². The van der Waals surface area contributed by atoms with Crippen LogP contribution in [0.15, 0.2) is 72.8 Å². The number of amides is 1. The Morgan fingerprint density at radius 2 is 1.38 bits per heavy atom. The highest BCUT2D eigenvalue weighted by molar-refractivity contribution is 5.94. The van der Waals surface area contributed by atoms with Crippen molar-refractivity contribution in [2.75, 3.05) is 6.54 Å². The van der Waals surface area contributed by atoms with Gasteiger partial charge >= 0.3 is 5.97 Å². The Balaban J connectivity index is 1.63. The second-order valence-electron chi connectivity index (χ2n) is 8.93. The van der Waals surface area contributed by atoms with E-state index in [1.165, 1.54) is 5.56 Å². The molecule has 0 aliphatic rings. The smallest absolute Gasteiger partial charge is 0.320 e. The van der Waals surface area contributed by atoms with E-state index in [9.17, 15) is 9.59 Å². The highest BCUT2D eigenvalue weighted by Gasteiger charge is 2.18. The van der Waals surface area contributed by atoms with Crippen molar-refractivity contribution in [3.63, 3.8) is 0 Å². The van der Waals surface area contributed by atoms with Crippen LogP contribution >= 0.6 is 0 Å². The fraction of sp³-hybridized carbons (Fsp3) is 0.286. The molecule has 0 aromatic heterocycles. The molecule has 2 atom stereocenters. The molecule has 0 spiro atoms. The molecule has 0 bridgehead atoms. The standard InChI is InChI=1S/C28H33N3O3/c1-18(2)25(23-13-11-22(12-14-23)21-7-5-20(16-29)6-8-21)17-31-27(32)24-9-3-19(4-10-24)15-26(30)28(33)34/h3-14,18,25-26H,15-17,29-30H2,1-2H3,(H,31,32)(H,33,34)/t25-,26+/m1/s1. The van der Waals surface area contributed by atoms with Crippen LogP contribution in [0.2, 0.25) is 0 Å². The van der Waals surface area contributed by atoms with Crippen LogP contribution in [0, 0.1) is 5.92 Å². The molecule has 0 fully saturated rings. The van der Waals surface area contributed by atoms with Crippen molar-refractivity contribution in [3.8, 4) is 11.1 Å². The molecule has 0 saturated carbocycles. The largest absolute Gasteiger partial charge is 0.480 e. The van der Waals surface area contributed by atoms with Crippen LogP contribution in [-0.2, 0) is 17.8 Å². The minimum atomic E-state index is -1.04. The molecule has 0 heterocycles. The fourth-order valence-electron chi connectivity index (χ4n) is 3.93. The predicted molar refractivity (Wildman–Crippen MR) is 135 cm³/mol. The minimum Gasteiger partial charge on any atom is -0.480 e. The maximum absolute atomic E-state index is 12.7. The van der Waals surface area contributed by atoms with Crippen molar-refractivity contribution in [1.82, 2.24) is 5.32 Å². The molecule has 0 aliphatic heterocycles. The molecule has 6 nitrogen and oxygen atoms in total. The third-order valence-electron chi connectivity index (χ3n) is 6.14. The van der Waals surface area contributed by atoms with Gasteiger partial charge < -0.3 is 21.9 Å². The molecule has 1 amide bonds. The van der Waals surface area contributed by atoms with Crippen molar-refractivity contribution in [3.05, 3.63) is 95.1 Å². The highest BCUT2D eigenvalue weighted by atomic mass is 16.4. The number of carboxylic acids is 1. The van der Waals surface area contributed by atoms with Gasteiger partial charge in [0, 0.05) is 24.6 Å². The van der Waals surface area contributed by atoms with Gasteiger partial charge in [0.15, 0.2) is 0 Å². The molecular weight excluding hydrogens is 426 g/mol. The van der Waals surface area contributed by atoms with Crippen LogP contribution in [0.4, 0.5) is 0 Å². The number of nitrogens with two attached hydrogens (primary N) is 2. The molecule has 0 aliphatic carbocycles. The average molecular weight is 460 g/mol. The molecule has 0 unspecified atom stereocenters. The van der Waals surface area contributed by atoms with Crippen LogP contribution in [0.25, 0.3) is 11.1 Å². The van der Waals surface area contributed by atoms with Gasteiger partial charge in [0.25, 0.3) is 5.91 Å². The number of carbonyl (C=O) groups excluding carboxylic acids is 1. The van der Waals surface area contributed by atoms with Crippen LogP contribution in [0.3, 0.4) is 0 Å². The lowest BCUT2D eigenvalue weighted by molar-refractivity contribution is -0.138. The van der Waals surface area contributed by atoms with E-state index in [-0.39, 0.29) is 18.2 Å². The fourth-order valence-corrected chi connectivity index (χ4v) is 3.93. The van der Waals surface area contributed by atoms with E-state index in [0.29, 0.717) is 24.6 Å². The first-order valence-corrected chi connectivity index (χ1v) is 11.5. The van der Waals surface area contributed by atoms with Crippen LogP contribution in [0.1, 0.15) is 46.8 Å². The first-order chi connectivity index (χ1) is 16.3. The third-order valence-corrected chi connectivity index (χ3v) is 6.14.